The number of hydrogen-bond acceptors (Lipinski definition) is 5. The highest BCUT2D eigenvalue weighted by molar-refractivity contribution is 5.98. The topological polar surface area (TPSA) is 106 Å². The van der Waals surface area contributed by atoms with Crippen LogP contribution in [0.2, 0.25) is 0 Å². The first-order chi connectivity index (χ1) is 15.3. The molecule has 2 aromatic carbocycles. The molecule has 0 fully saturated rings. The molecule has 1 atom stereocenters. The van der Waals surface area contributed by atoms with Gasteiger partial charge < -0.3 is 25.4 Å². The predicted octanol–water partition coefficient (Wildman–Crippen LogP) is 2.28. The molecule has 0 spiro atoms. The first kappa shape index (κ1) is 24.7. The molecule has 0 aromatic heterocycles. The monoisotopic (exact) mass is 441 g/mol. The van der Waals surface area contributed by atoms with Crippen LogP contribution in [0.5, 0.6) is 11.5 Å². The van der Waals surface area contributed by atoms with Gasteiger partial charge in [-0.15, -0.1) is 0 Å². The third-order valence-corrected chi connectivity index (χ3v) is 4.83. The summed E-state index contributed by atoms with van der Waals surface area (Å²) in [7, 11) is 2.99. The molecule has 0 aliphatic heterocycles. The van der Waals surface area contributed by atoms with E-state index in [-0.39, 0.29) is 30.7 Å². The Kier molecular flexibility index (Phi) is 9.53. The number of nitrogens with one attached hydrogen (secondary N) is 3. The number of carbonyl (C=O) groups excluding carboxylic acids is 3. The minimum absolute atomic E-state index is 0.143. The molecule has 0 saturated heterocycles. The van der Waals surface area contributed by atoms with Crippen molar-refractivity contribution >= 4 is 17.7 Å². The summed E-state index contributed by atoms with van der Waals surface area (Å²) in [6.45, 7) is 4.28. The molecule has 0 heterocycles. The Morgan fingerprint density at radius 2 is 1.53 bits per heavy atom. The van der Waals surface area contributed by atoms with E-state index in [9.17, 15) is 14.4 Å². The van der Waals surface area contributed by atoms with Crippen LogP contribution in [0.4, 0.5) is 0 Å². The minimum atomic E-state index is -0.757. The van der Waals surface area contributed by atoms with Crippen LogP contribution in [0.15, 0.2) is 48.5 Å². The Morgan fingerprint density at radius 3 is 2.09 bits per heavy atom. The fraction of sp³-hybridized carbons (Fsp3) is 0.375. The van der Waals surface area contributed by atoms with E-state index in [1.807, 2.05) is 44.2 Å². The molecule has 1 unspecified atom stereocenters. The Balaban J connectivity index is 1.88. The smallest absolute Gasteiger partial charge is 0.252 e. The average molecular weight is 442 g/mol. The van der Waals surface area contributed by atoms with Crippen LogP contribution in [0, 0.1) is 5.92 Å². The first-order valence-corrected chi connectivity index (χ1v) is 10.5. The van der Waals surface area contributed by atoms with E-state index in [2.05, 4.69) is 16.0 Å². The summed E-state index contributed by atoms with van der Waals surface area (Å²) in [6.07, 6.45) is 0.143. The van der Waals surface area contributed by atoms with Crippen LogP contribution in [-0.2, 0) is 16.1 Å². The van der Waals surface area contributed by atoms with E-state index in [1.54, 1.807) is 18.2 Å². The number of carbonyl (C=O) groups is 3. The zero-order chi connectivity index (χ0) is 23.5. The first-order valence-electron chi connectivity index (χ1n) is 10.5. The maximum Gasteiger partial charge on any atom is 0.252 e. The molecule has 172 valence electrons. The Morgan fingerprint density at radius 1 is 0.906 bits per heavy atom. The molecule has 0 saturated carbocycles. The zero-order valence-corrected chi connectivity index (χ0v) is 18.9. The van der Waals surface area contributed by atoms with E-state index < -0.39 is 11.9 Å². The van der Waals surface area contributed by atoms with Crippen molar-refractivity contribution in [1.29, 1.82) is 0 Å². The molecule has 32 heavy (non-hydrogen) atoms. The number of hydrogen-bond donors (Lipinski definition) is 3. The standard InChI is InChI=1S/C24H31N3O5/c1-16(2)22(27-23(29)18-12-19(31-3)14-20(13-18)32-4)24(30)25-11-10-21(28)26-15-17-8-6-5-7-9-17/h5-9,12-14,16,22H,10-11,15H2,1-4H3,(H,25,30)(H,26,28)(H,27,29). The SMILES string of the molecule is COc1cc(OC)cc(C(=O)NC(C(=O)NCCC(=O)NCc2ccccc2)C(C)C)c1. The van der Waals surface area contributed by atoms with Crippen LogP contribution in [0.25, 0.3) is 0 Å². The molecule has 0 aliphatic rings. The lowest BCUT2D eigenvalue weighted by molar-refractivity contribution is -0.124. The summed E-state index contributed by atoms with van der Waals surface area (Å²) in [5.74, 6) is -0.139. The lowest BCUT2D eigenvalue weighted by atomic mass is 10.0. The number of amides is 3. The summed E-state index contributed by atoms with van der Waals surface area (Å²) in [4.78, 5) is 37.4. The molecule has 8 heteroatoms. The van der Waals surface area contributed by atoms with Crippen molar-refractivity contribution in [3.05, 3.63) is 59.7 Å². The van der Waals surface area contributed by atoms with Gasteiger partial charge in [-0.1, -0.05) is 44.2 Å². The highest BCUT2D eigenvalue weighted by Crippen LogP contribution is 2.22. The van der Waals surface area contributed by atoms with Gasteiger partial charge >= 0.3 is 0 Å². The van der Waals surface area contributed by atoms with Gasteiger partial charge in [0.25, 0.3) is 5.91 Å². The summed E-state index contributed by atoms with van der Waals surface area (Å²) in [6, 6.07) is 13.6. The lowest BCUT2D eigenvalue weighted by Crippen LogP contribution is -2.50. The fourth-order valence-electron chi connectivity index (χ4n) is 2.99. The largest absolute Gasteiger partial charge is 0.497 e. The van der Waals surface area contributed by atoms with E-state index in [4.69, 9.17) is 9.47 Å². The Bertz CT molecular complexity index is 893. The van der Waals surface area contributed by atoms with Crippen LogP contribution in [-0.4, -0.2) is 44.5 Å². The van der Waals surface area contributed by atoms with Gasteiger partial charge in [0.05, 0.1) is 14.2 Å². The van der Waals surface area contributed by atoms with Gasteiger partial charge in [0.15, 0.2) is 0 Å². The van der Waals surface area contributed by atoms with Crippen molar-refractivity contribution in [1.82, 2.24) is 16.0 Å². The molecular weight excluding hydrogens is 410 g/mol. The van der Waals surface area contributed by atoms with Gasteiger partial charge in [0.1, 0.15) is 17.5 Å². The second-order valence-corrected chi connectivity index (χ2v) is 7.60. The van der Waals surface area contributed by atoms with Gasteiger partial charge in [0, 0.05) is 31.1 Å². The normalized spacial score (nSPS) is 11.4. The molecule has 2 aromatic rings. The number of benzene rings is 2. The van der Waals surface area contributed by atoms with Crippen molar-refractivity contribution in [3.63, 3.8) is 0 Å². The van der Waals surface area contributed by atoms with Gasteiger partial charge in [-0.05, 0) is 23.6 Å². The van der Waals surface area contributed by atoms with E-state index in [0.29, 0.717) is 23.6 Å². The summed E-state index contributed by atoms with van der Waals surface area (Å²) >= 11 is 0. The van der Waals surface area contributed by atoms with E-state index in [1.165, 1.54) is 14.2 Å². The van der Waals surface area contributed by atoms with Crippen molar-refractivity contribution in [2.75, 3.05) is 20.8 Å². The van der Waals surface area contributed by atoms with Crippen LogP contribution >= 0.6 is 0 Å². The molecular formula is C24H31N3O5. The van der Waals surface area contributed by atoms with Crippen LogP contribution in [0.3, 0.4) is 0 Å². The van der Waals surface area contributed by atoms with Crippen molar-refractivity contribution in [2.24, 2.45) is 5.92 Å². The second kappa shape index (κ2) is 12.3. The zero-order valence-electron chi connectivity index (χ0n) is 18.9. The van der Waals surface area contributed by atoms with Crippen molar-refractivity contribution < 1.29 is 23.9 Å². The summed E-state index contributed by atoms with van der Waals surface area (Å²) < 4.78 is 10.4. The van der Waals surface area contributed by atoms with Gasteiger partial charge in [-0.25, -0.2) is 0 Å². The third-order valence-electron chi connectivity index (χ3n) is 4.83. The van der Waals surface area contributed by atoms with Gasteiger partial charge in [-0.3, -0.25) is 14.4 Å². The molecule has 3 N–H and O–H groups in total. The lowest BCUT2D eigenvalue weighted by Gasteiger charge is -2.22. The molecule has 8 nitrogen and oxygen atoms in total. The van der Waals surface area contributed by atoms with Crippen LogP contribution < -0.4 is 25.4 Å². The van der Waals surface area contributed by atoms with Gasteiger partial charge in [0.2, 0.25) is 11.8 Å². The molecule has 3 amide bonds. The van der Waals surface area contributed by atoms with E-state index in [0.717, 1.165) is 5.56 Å². The van der Waals surface area contributed by atoms with Gasteiger partial charge in [-0.2, -0.15) is 0 Å². The molecule has 2 rings (SSSR count). The Hall–Kier alpha value is -3.55. The number of ether oxygens (including phenoxy) is 2. The van der Waals surface area contributed by atoms with Crippen molar-refractivity contribution in [2.45, 2.75) is 32.9 Å². The number of methoxy groups -OCH3 is 2. The Labute approximate surface area is 188 Å². The number of rotatable bonds is 11. The maximum atomic E-state index is 12.7. The predicted molar refractivity (Wildman–Crippen MR) is 122 cm³/mol. The van der Waals surface area contributed by atoms with Crippen LogP contribution in [0.1, 0.15) is 36.2 Å². The fourth-order valence-corrected chi connectivity index (χ4v) is 2.99. The van der Waals surface area contributed by atoms with E-state index >= 15 is 0 Å². The highest BCUT2D eigenvalue weighted by atomic mass is 16.5. The van der Waals surface area contributed by atoms with Crippen molar-refractivity contribution in [3.8, 4) is 11.5 Å². The third kappa shape index (κ3) is 7.61. The maximum absolute atomic E-state index is 12.7. The molecule has 0 aliphatic carbocycles. The quantitative estimate of drug-likeness (QED) is 0.496. The molecule has 0 radical (unpaired) electrons. The average Bonchev–Trinajstić information content (AvgIpc) is 2.80. The summed E-state index contributed by atoms with van der Waals surface area (Å²) in [5.41, 5.74) is 1.32. The second-order valence-electron chi connectivity index (χ2n) is 7.60. The summed E-state index contributed by atoms with van der Waals surface area (Å²) in [5, 5.41) is 8.30. The molecule has 0 bridgehead atoms. The highest BCUT2D eigenvalue weighted by Gasteiger charge is 2.25. The minimum Gasteiger partial charge on any atom is -0.497 e.